The number of rotatable bonds is 0. The van der Waals surface area contributed by atoms with E-state index in [1.54, 1.807) is 17.3 Å². The Morgan fingerprint density at radius 3 is 3.14 bits per heavy atom. The fourth-order valence-electron chi connectivity index (χ4n) is 0.318. The maximum absolute atomic E-state index is 4.89. The number of amidine groups is 1. The highest BCUT2D eigenvalue weighted by molar-refractivity contribution is 8.13. The van der Waals surface area contributed by atoms with E-state index in [-0.39, 0.29) is 0 Å². The van der Waals surface area contributed by atoms with E-state index >= 15 is 0 Å². The number of hydrogen-bond acceptors (Lipinski definition) is 3. The number of hydrogen-bond donors (Lipinski definition) is 1. The van der Waals surface area contributed by atoms with E-state index in [4.69, 9.17) is 5.84 Å². The molecule has 1 aliphatic heterocycles. The molecule has 0 fully saturated rings. The largest absolute Gasteiger partial charge is 0.321 e. The summed E-state index contributed by atoms with van der Waals surface area (Å²) in [6.45, 7) is 0. The quantitative estimate of drug-likeness (QED) is 0.358. The maximum atomic E-state index is 4.89. The van der Waals surface area contributed by atoms with E-state index in [2.05, 4.69) is 10.1 Å². The van der Waals surface area contributed by atoms with Gasteiger partial charge < -0.3 is 5.84 Å². The summed E-state index contributed by atoms with van der Waals surface area (Å²) < 4.78 is 0. The van der Waals surface area contributed by atoms with Crippen LogP contribution in [0.25, 0.3) is 0 Å². The van der Waals surface area contributed by atoms with Gasteiger partial charge in [0.25, 0.3) is 0 Å². The van der Waals surface area contributed by atoms with Crippen LogP contribution in [0.15, 0.2) is 10.1 Å². The van der Waals surface area contributed by atoms with Gasteiger partial charge in [0.2, 0.25) is 0 Å². The van der Waals surface area contributed by atoms with Crippen molar-refractivity contribution in [2.75, 3.05) is 5.75 Å². The third-order valence-electron chi connectivity index (χ3n) is 0.638. The zero-order chi connectivity index (χ0) is 5.11. The second-order valence-electron chi connectivity index (χ2n) is 1.09. The molecule has 0 aliphatic carbocycles. The van der Waals surface area contributed by atoms with Gasteiger partial charge in [-0.05, 0) is 0 Å². The zero-order valence-corrected chi connectivity index (χ0v) is 4.48. The van der Waals surface area contributed by atoms with Gasteiger partial charge in [-0.25, -0.2) is 4.99 Å². The fourth-order valence-corrected chi connectivity index (χ4v) is 0.887. The standard InChI is InChI=1S/C3H5N3S/c4-6-3-1-7-2-5-3/h2H,1,4H2/b6-3-. The molecule has 0 spiro atoms. The summed E-state index contributed by atoms with van der Waals surface area (Å²) >= 11 is 1.60. The SMILES string of the molecule is N/N=C1/CSC=N1. The molecule has 4 heteroatoms. The Labute approximate surface area is 45.7 Å². The third-order valence-corrected chi connectivity index (χ3v) is 1.32. The summed E-state index contributed by atoms with van der Waals surface area (Å²) in [7, 11) is 0. The fraction of sp³-hybridized carbons (Fsp3) is 0.333. The lowest BCUT2D eigenvalue weighted by Crippen LogP contribution is -1.95. The molecular formula is C3H5N3S. The Bertz CT molecular complexity index is 115. The van der Waals surface area contributed by atoms with Gasteiger partial charge in [0.1, 0.15) is 0 Å². The van der Waals surface area contributed by atoms with Crippen LogP contribution < -0.4 is 5.84 Å². The topological polar surface area (TPSA) is 50.7 Å². The van der Waals surface area contributed by atoms with Gasteiger partial charge in [0, 0.05) is 0 Å². The van der Waals surface area contributed by atoms with Crippen LogP contribution in [-0.4, -0.2) is 17.1 Å². The average molecular weight is 115 g/mol. The predicted molar refractivity (Wildman–Crippen MR) is 32.6 cm³/mol. The number of aliphatic imine (C=N–C) groups is 1. The van der Waals surface area contributed by atoms with Crippen LogP contribution in [0, 0.1) is 0 Å². The molecule has 2 N–H and O–H groups in total. The Morgan fingerprint density at radius 2 is 2.86 bits per heavy atom. The molecule has 0 bridgehead atoms. The number of thioether (sulfide) groups is 1. The van der Waals surface area contributed by atoms with Crippen molar-refractivity contribution in [1.29, 1.82) is 0 Å². The van der Waals surface area contributed by atoms with Crippen molar-refractivity contribution in [2.45, 2.75) is 0 Å². The molecule has 0 saturated carbocycles. The summed E-state index contributed by atoms with van der Waals surface area (Å²) in [6, 6.07) is 0. The van der Waals surface area contributed by atoms with E-state index in [1.165, 1.54) is 0 Å². The second-order valence-corrected chi connectivity index (χ2v) is 1.92. The molecule has 0 aromatic rings. The van der Waals surface area contributed by atoms with E-state index in [1.807, 2.05) is 0 Å². The average Bonchev–Trinajstić information content (AvgIpc) is 2.14. The Kier molecular flexibility index (Phi) is 1.31. The Hall–Kier alpha value is -0.510. The Morgan fingerprint density at radius 1 is 2.00 bits per heavy atom. The van der Waals surface area contributed by atoms with Crippen LogP contribution in [0.5, 0.6) is 0 Å². The lowest BCUT2D eigenvalue weighted by atomic mass is 10.7. The van der Waals surface area contributed by atoms with Crippen molar-refractivity contribution >= 4 is 23.1 Å². The van der Waals surface area contributed by atoms with E-state index in [9.17, 15) is 0 Å². The van der Waals surface area contributed by atoms with Crippen LogP contribution >= 0.6 is 11.8 Å². The maximum Gasteiger partial charge on any atom is 0.158 e. The molecular weight excluding hydrogens is 110 g/mol. The minimum Gasteiger partial charge on any atom is -0.321 e. The van der Waals surface area contributed by atoms with Gasteiger partial charge in [-0.15, -0.1) is 11.8 Å². The highest BCUT2D eigenvalue weighted by Crippen LogP contribution is 2.03. The van der Waals surface area contributed by atoms with Gasteiger partial charge in [0.15, 0.2) is 5.84 Å². The molecule has 0 aromatic heterocycles. The summed E-state index contributed by atoms with van der Waals surface area (Å²) in [6.07, 6.45) is 0. The summed E-state index contributed by atoms with van der Waals surface area (Å²) in [5.74, 6) is 6.45. The molecule has 1 heterocycles. The van der Waals surface area contributed by atoms with Gasteiger partial charge >= 0.3 is 0 Å². The van der Waals surface area contributed by atoms with Crippen LogP contribution in [0.4, 0.5) is 0 Å². The first-order valence-electron chi connectivity index (χ1n) is 1.84. The van der Waals surface area contributed by atoms with Crippen molar-refractivity contribution in [3.8, 4) is 0 Å². The molecule has 3 nitrogen and oxygen atoms in total. The molecule has 0 atom stereocenters. The number of nitrogens with two attached hydrogens (primary N) is 1. The second kappa shape index (κ2) is 1.97. The normalized spacial score (nSPS) is 24.3. The predicted octanol–water partition coefficient (Wildman–Crippen LogP) is 0.0337. The van der Waals surface area contributed by atoms with Crippen LogP contribution in [0.2, 0.25) is 0 Å². The molecule has 1 rings (SSSR count). The lowest BCUT2D eigenvalue weighted by Gasteiger charge is -1.80. The molecule has 7 heavy (non-hydrogen) atoms. The minimum atomic E-state index is 0.727. The van der Waals surface area contributed by atoms with E-state index in [0.29, 0.717) is 0 Å². The molecule has 0 unspecified atom stereocenters. The summed E-state index contributed by atoms with van der Waals surface area (Å²) in [5.41, 5.74) is 1.74. The van der Waals surface area contributed by atoms with E-state index in [0.717, 1.165) is 11.6 Å². The third kappa shape index (κ3) is 0.928. The van der Waals surface area contributed by atoms with Crippen LogP contribution in [-0.2, 0) is 0 Å². The molecule has 0 radical (unpaired) electrons. The van der Waals surface area contributed by atoms with E-state index < -0.39 is 0 Å². The monoisotopic (exact) mass is 115 g/mol. The van der Waals surface area contributed by atoms with Crippen LogP contribution in [0.3, 0.4) is 0 Å². The molecule has 0 aromatic carbocycles. The lowest BCUT2D eigenvalue weighted by molar-refractivity contribution is 1.23. The molecule has 0 saturated heterocycles. The highest BCUT2D eigenvalue weighted by Gasteiger charge is 1.99. The number of hydrazone groups is 1. The number of nitrogens with zero attached hydrogens (tertiary/aromatic N) is 2. The van der Waals surface area contributed by atoms with Crippen LogP contribution in [0.1, 0.15) is 0 Å². The zero-order valence-electron chi connectivity index (χ0n) is 3.66. The molecule has 38 valence electrons. The molecule has 1 aliphatic rings. The van der Waals surface area contributed by atoms with Gasteiger partial charge in [-0.2, -0.15) is 5.10 Å². The summed E-state index contributed by atoms with van der Waals surface area (Å²) in [4.78, 5) is 3.82. The van der Waals surface area contributed by atoms with Crippen molar-refractivity contribution in [1.82, 2.24) is 0 Å². The van der Waals surface area contributed by atoms with Crippen molar-refractivity contribution in [3.63, 3.8) is 0 Å². The van der Waals surface area contributed by atoms with Gasteiger partial charge in [0.05, 0.1) is 11.3 Å². The van der Waals surface area contributed by atoms with Gasteiger partial charge in [-0.3, -0.25) is 0 Å². The van der Waals surface area contributed by atoms with Crippen molar-refractivity contribution in [2.24, 2.45) is 15.9 Å². The van der Waals surface area contributed by atoms with Crippen molar-refractivity contribution < 1.29 is 0 Å². The first kappa shape index (κ1) is 4.64. The molecule has 0 amide bonds. The van der Waals surface area contributed by atoms with Crippen molar-refractivity contribution in [3.05, 3.63) is 0 Å². The first-order valence-corrected chi connectivity index (χ1v) is 2.89. The Balaban J connectivity index is 2.59. The smallest absolute Gasteiger partial charge is 0.158 e. The highest BCUT2D eigenvalue weighted by atomic mass is 32.2. The minimum absolute atomic E-state index is 0.727. The van der Waals surface area contributed by atoms with Gasteiger partial charge in [-0.1, -0.05) is 0 Å². The summed E-state index contributed by atoms with van der Waals surface area (Å²) in [5, 5.41) is 3.39. The first-order chi connectivity index (χ1) is 3.43.